The standard InChI is InChI=1S/C39H49N11O10/c1-21(2)30(46-26(52)12-13-49-28(54)10-11-29(49)55)38(59)44-22(3)37(58)45-24-8-6-23(7-9-24)16-50(14-4-5-15-50)17-27(53)47-31-25(18-51)60-39(34(57)33(31)56)48-36-32-35(41-19-40-32)42-20-43-36/h6-11,19-20,22,25,30-31,33-34,39,51,56-57H,1,4-5,12-18H2,2-3H3,(H5-,40,41,42,43,44,45,46,47,48,52,53,54,55,58,59)/p+1/t22-,25-,30-,31-,33+,34-,39-/m0/s1. The first kappa shape index (κ1) is 43.4. The highest BCUT2D eigenvalue weighted by Gasteiger charge is 2.46. The summed E-state index contributed by atoms with van der Waals surface area (Å²) >= 11 is 0. The maximum atomic E-state index is 13.6. The number of benzene rings is 1. The fraction of sp³-hybridized carbons (Fsp3) is 0.462. The Morgan fingerprint density at radius 3 is 2.35 bits per heavy atom. The fourth-order valence-corrected chi connectivity index (χ4v) is 7.55. The van der Waals surface area contributed by atoms with Gasteiger partial charge >= 0.3 is 0 Å². The SMILES string of the molecule is C=C(C)[C@H](NC(=O)CCN1C(=O)C=CC1=O)C(=O)N[C@@H](C)C(=O)Nc1ccc(C[N+]2(CC(=O)N[C@@H]3[C@@H](O)[C@H](O)[C@@H](Nc4ncnc5nc[nH]c45)O[C@H]3CO)CCCC2)cc1. The minimum atomic E-state index is -1.50. The molecular weight excluding hydrogens is 782 g/mol. The lowest BCUT2D eigenvalue weighted by Gasteiger charge is -2.43. The lowest BCUT2D eigenvalue weighted by molar-refractivity contribution is -0.922. The monoisotopic (exact) mass is 832 g/mol. The number of anilines is 2. The Kier molecular flexibility index (Phi) is 13.6. The number of carbonyl (C=O) groups excluding carboxylic acids is 6. The Balaban J connectivity index is 0.992. The summed E-state index contributed by atoms with van der Waals surface area (Å²) in [6.45, 7) is 8.07. The van der Waals surface area contributed by atoms with Crippen LogP contribution in [0.1, 0.15) is 38.7 Å². The predicted octanol–water partition coefficient (Wildman–Crippen LogP) is -1.68. The third-order valence-corrected chi connectivity index (χ3v) is 10.8. The van der Waals surface area contributed by atoms with E-state index in [1.54, 1.807) is 19.1 Å². The van der Waals surface area contributed by atoms with Crippen molar-refractivity contribution in [1.82, 2.24) is 40.8 Å². The van der Waals surface area contributed by atoms with Crippen molar-refractivity contribution in [3.05, 3.63) is 66.8 Å². The molecule has 6 rings (SSSR count). The molecule has 6 amide bonds. The van der Waals surface area contributed by atoms with Gasteiger partial charge in [-0.2, -0.15) is 0 Å². The molecule has 0 radical (unpaired) electrons. The Morgan fingerprint density at radius 1 is 0.983 bits per heavy atom. The first-order valence-electron chi connectivity index (χ1n) is 19.5. The number of fused-ring (bicyclic) bond motifs is 1. The van der Waals surface area contributed by atoms with Crippen LogP contribution in [0.25, 0.3) is 11.2 Å². The molecule has 5 heterocycles. The van der Waals surface area contributed by atoms with E-state index in [0.717, 1.165) is 35.5 Å². The van der Waals surface area contributed by atoms with Gasteiger partial charge in [0, 0.05) is 49.2 Å². The number of imide groups is 1. The third kappa shape index (κ3) is 10.2. The van der Waals surface area contributed by atoms with E-state index in [1.807, 2.05) is 12.1 Å². The maximum Gasteiger partial charge on any atom is 0.275 e. The second kappa shape index (κ2) is 18.8. The van der Waals surface area contributed by atoms with Gasteiger partial charge in [0.1, 0.15) is 48.8 Å². The third-order valence-electron chi connectivity index (χ3n) is 10.8. The van der Waals surface area contributed by atoms with Crippen molar-refractivity contribution in [1.29, 1.82) is 0 Å². The van der Waals surface area contributed by atoms with E-state index in [0.29, 0.717) is 46.5 Å². The van der Waals surface area contributed by atoms with E-state index in [-0.39, 0.29) is 25.3 Å². The Morgan fingerprint density at radius 2 is 1.68 bits per heavy atom. The smallest absolute Gasteiger partial charge is 0.275 e. The summed E-state index contributed by atoms with van der Waals surface area (Å²) < 4.78 is 6.33. The van der Waals surface area contributed by atoms with Crippen LogP contribution in [0.2, 0.25) is 0 Å². The highest BCUT2D eigenvalue weighted by atomic mass is 16.5. The minimum absolute atomic E-state index is 0.0640. The molecule has 60 heavy (non-hydrogen) atoms. The number of aromatic amines is 1. The number of imidazole rings is 1. The normalized spacial score (nSPS) is 23.2. The van der Waals surface area contributed by atoms with Gasteiger partial charge in [-0.05, 0) is 31.6 Å². The number of rotatable bonds is 17. The minimum Gasteiger partial charge on any atom is -0.394 e. The number of aliphatic hydroxyl groups is 3. The van der Waals surface area contributed by atoms with Gasteiger partial charge in [-0.15, -0.1) is 0 Å². The number of nitrogens with zero attached hydrogens (tertiary/aromatic N) is 5. The second-order valence-corrected chi connectivity index (χ2v) is 15.3. The van der Waals surface area contributed by atoms with Crippen molar-refractivity contribution in [3.63, 3.8) is 0 Å². The molecule has 0 spiro atoms. The van der Waals surface area contributed by atoms with Crippen molar-refractivity contribution < 1.29 is 53.3 Å². The molecular formula is C39H50N11O10+. The average Bonchev–Trinajstić information content (AvgIpc) is 3.97. The summed E-state index contributed by atoms with van der Waals surface area (Å²) in [5.41, 5.74) is 2.50. The first-order valence-corrected chi connectivity index (χ1v) is 19.5. The van der Waals surface area contributed by atoms with E-state index >= 15 is 0 Å². The zero-order chi connectivity index (χ0) is 43.1. The van der Waals surface area contributed by atoms with Crippen LogP contribution in [0.3, 0.4) is 0 Å². The summed E-state index contributed by atoms with van der Waals surface area (Å²) in [4.78, 5) is 91.9. The number of hydrogen-bond donors (Lipinski definition) is 9. The van der Waals surface area contributed by atoms with E-state index < -0.39 is 84.7 Å². The van der Waals surface area contributed by atoms with Gasteiger partial charge in [0.25, 0.3) is 17.7 Å². The van der Waals surface area contributed by atoms with Gasteiger partial charge in [0.15, 0.2) is 24.2 Å². The molecule has 3 aliphatic heterocycles. The number of aliphatic hydroxyl groups excluding tert-OH is 3. The predicted molar refractivity (Wildman–Crippen MR) is 213 cm³/mol. The number of amides is 6. The number of quaternary nitrogens is 1. The average molecular weight is 833 g/mol. The number of likely N-dealkylation sites (tertiary alicyclic amines) is 1. The number of carbonyl (C=O) groups is 6. The van der Waals surface area contributed by atoms with E-state index in [1.165, 1.54) is 19.6 Å². The molecule has 0 unspecified atom stereocenters. The first-order chi connectivity index (χ1) is 28.7. The number of H-pyrrole nitrogens is 1. The Bertz CT molecular complexity index is 2120. The van der Waals surface area contributed by atoms with Gasteiger partial charge in [-0.25, -0.2) is 15.0 Å². The van der Waals surface area contributed by atoms with Crippen LogP contribution in [0.15, 0.2) is 61.2 Å². The second-order valence-electron chi connectivity index (χ2n) is 15.3. The fourth-order valence-electron chi connectivity index (χ4n) is 7.55. The molecule has 3 aromatic rings. The summed E-state index contributed by atoms with van der Waals surface area (Å²) in [7, 11) is 0. The van der Waals surface area contributed by atoms with Gasteiger partial charge < -0.3 is 56.1 Å². The summed E-state index contributed by atoms with van der Waals surface area (Å²) in [5.74, 6) is -2.95. The number of nitrogens with one attached hydrogen (secondary N) is 6. The molecule has 1 aromatic carbocycles. The largest absolute Gasteiger partial charge is 0.394 e. The number of aromatic nitrogens is 4. The van der Waals surface area contributed by atoms with Crippen LogP contribution in [0.4, 0.5) is 11.5 Å². The molecule has 0 saturated carbocycles. The summed E-state index contributed by atoms with van der Waals surface area (Å²) in [6.07, 6.45) is 1.27. The molecule has 2 saturated heterocycles. The molecule has 0 bridgehead atoms. The van der Waals surface area contributed by atoms with E-state index in [4.69, 9.17) is 4.74 Å². The van der Waals surface area contributed by atoms with Crippen molar-refractivity contribution in [3.8, 4) is 0 Å². The van der Waals surface area contributed by atoms with Crippen LogP contribution >= 0.6 is 0 Å². The van der Waals surface area contributed by atoms with Crippen LogP contribution < -0.4 is 26.6 Å². The molecule has 21 nitrogen and oxygen atoms in total. The molecule has 320 valence electrons. The lowest BCUT2D eigenvalue weighted by atomic mass is 9.95. The highest BCUT2D eigenvalue weighted by Crippen LogP contribution is 2.27. The van der Waals surface area contributed by atoms with Gasteiger partial charge in [-0.1, -0.05) is 18.7 Å². The highest BCUT2D eigenvalue weighted by molar-refractivity contribution is 6.13. The van der Waals surface area contributed by atoms with Crippen LogP contribution in [0.5, 0.6) is 0 Å². The molecule has 2 aromatic heterocycles. The van der Waals surface area contributed by atoms with Crippen molar-refractivity contribution >= 4 is 58.1 Å². The lowest BCUT2D eigenvalue weighted by Crippen LogP contribution is -2.66. The zero-order valence-corrected chi connectivity index (χ0v) is 33.2. The topological polar surface area (TPSA) is 290 Å². The number of hydrogen-bond acceptors (Lipinski definition) is 14. The van der Waals surface area contributed by atoms with Gasteiger partial charge in [0.05, 0.1) is 32.1 Å². The Hall–Kier alpha value is -6.13. The summed E-state index contributed by atoms with van der Waals surface area (Å²) in [5, 5.41) is 45.9. The quantitative estimate of drug-likeness (QED) is 0.0418. The molecule has 2 fully saturated rings. The van der Waals surface area contributed by atoms with Crippen molar-refractivity contribution in [2.24, 2.45) is 0 Å². The van der Waals surface area contributed by atoms with Gasteiger partial charge in [-0.3, -0.25) is 33.7 Å². The molecule has 0 aliphatic carbocycles. The van der Waals surface area contributed by atoms with E-state index in [9.17, 15) is 44.1 Å². The van der Waals surface area contributed by atoms with Crippen molar-refractivity contribution in [2.75, 3.05) is 43.4 Å². The van der Waals surface area contributed by atoms with E-state index in [2.05, 4.69) is 53.1 Å². The zero-order valence-electron chi connectivity index (χ0n) is 33.2. The van der Waals surface area contributed by atoms with Gasteiger partial charge in [0.2, 0.25) is 17.7 Å². The van der Waals surface area contributed by atoms with Crippen LogP contribution in [0, 0.1) is 0 Å². The van der Waals surface area contributed by atoms with Crippen LogP contribution in [-0.2, 0) is 40.0 Å². The number of ether oxygens (including phenoxy) is 1. The molecule has 21 heteroatoms. The molecule has 3 aliphatic rings. The Labute approximate surface area is 344 Å². The van der Waals surface area contributed by atoms with Crippen molar-refractivity contribution in [2.45, 2.75) is 82.3 Å². The molecule has 9 N–H and O–H groups in total. The van der Waals surface area contributed by atoms with Crippen LogP contribution in [-0.4, -0.2) is 156 Å². The molecule has 7 atom stereocenters. The maximum absolute atomic E-state index is 13.6. The summed E-state index contributed by atoms with van der Waals surface area (Å²) in [6, 6.07) is 3.81.